The number of nitrogens with one attached hydrogen (secondary N) is 1. The first-order valence-electron chi connectivity index (χ1n) is 6.49. The molecule has 116 valence electrons. The van der Waals surface area contributed by atoms with E-state index in [-0.39, 0.29) is 34.5 Å². The number of rotatable bonds is 5. The number of hydrazone groups is 1. The Hall–Kier alpha value is -1.38. The molecule has 0 aliphatic heterocycles. The summed E-state index contributed by atoms with van der Waals surface area (Å²) in [4.78, 5) is 1.74. The zero-order valence-electron chi connectivity index (χ0n) is 13.2. The number of anilines is 2. The van der Waals surface area contributed by atoms with Crippen LogP contribution in [0.5, 0.6) is 0 Å². The van der Waals surface area contributed by atoms with E-state index in [1.165, 1.54) is 24.3 Å². The predicted molar refractivity (Wildman–Crippen MR) is 86.4 cm³/mol. The molecule has 0 aliphatic carbocycles. The maximum absolute atomic E-state index is 10.8. The third-order valence-electron chi connectivity index (χ3n) is 2.96. The molecule has 0 bridgehead atoms. The van der Waals surface area contributed by atoms with Crippen LogP contribution in [0.15, 0.2) is 58.5 Å². The zero-order valence-corrected chi connectivity index (χ0v) is 16.0. The normalized spacial score (nSPS) is 11.1. The summed E-state index contributed by atoms with van der Waals surface area (Å²) in [7, 11) is -0.477. The molecule has 0 fully saturated rings. The Morgan fingerprint density at radius 2 is 1.61 bits per heavy atom. The van der Waals surface area contributed by atoms with Gasteiger partial charge in [-0.1, -0.05) is 12.1 Å². The fraction of sp³-hybridized carbons (Fsp3) is 0.133. The van der Waals surface area contributed by atoms with Crippen molar-refractivity contribution in [1.29, 1.82) is 0 Å². The Kier molecular flexibility index (Phi) is 7.24. The Morgan fingerprint density at radius 3 is 2.09 bits per heavy atom. The SMILES string of the molecule is CN(C)c1ccc(/C=N/Nc2ccc(S(=O)(=O)[O-])cc2)cc1.[Na+]. The molecule has 8 heteroatoms. The summed E-state index contributed by atoms with van der Waals surface area (Å²) >= 11 is 0. The average molecular weight is 341 g/mol. The Balaban J connectivity index is 0.00000264. The molecule has 0 saturated carbocycles. The molecular weight excluding hydrogens is 325 g/mol. The van der Waals surface area contributed by atoms with Gasteiger partial charge in [-0.2, -0.15) is 5.10 Å². The Morgan fingerprint density at radius 1 is 1.04 bits per heavy atom. The molecule has 2 aromatic carbocycles. The van der Waals surface area contributed by atoms with Crippen molar-refractivity contribution in [2.45, 2.75) is 4.90 Å². The standard InChI is InChI=1S/C15H17N3O3S.Na/c1-18(2)14-7-3-12(4-8-14)11-16-17-13-5-9-15(10-6-13)22(19,20)21;/h3-11,17H,1-2H3,(H,19,20,21);/q;+1/p-1/b16-11+;. The quantitative estimate of drug-likeness (QED) is 0.330. The van der Waals surface area contributed by atoms with E-state index in [4.69, 9.17) is 0 Å². The molecule has 6 nitrogen and oxygen atoms in total. The second kappa shape index (κ2) is 8.47. The molecule has 2 aromatic rings. The molecule has 0 spiro atoms. The van der Waals surface area contributed by atoms with Gasteiger partial charge in [0, 0.05) is 19.8 Å². The van der Waals surface area contributed by atoms with Crippen LogP contribution >= 0.6 is 0 Å². The fourth-order valence-corrected chi connectivity index (χ4v) is 2.21. The van der Waals surface area contributed by atoms with Crippen molar-refractivity contribution in [2.24, 2.45) is 5.10 Å². The van der Waals surface area contributed by atoms with Crippen molar-refractivity contribution in [3.05, 3.63) is 54.1 Å². The number of hydrogen-bond donors (Lipinski definition) is 1. The van der Waals surface area contributed by atoms with Crippen LogP contribution in [-0.2, 0) is 10.1 Å². The van der Waals surface area contributed by atoms with E-state index in [0.29, 0.717) is 5.69 Å². The minimum Gasteiger partial charge on any atom is -0.744 e. The molecule has 0 radical (unpaired) electrons. The Bertz CT molecular complexity index is 758. The molecule has 0 aliphatic rings. The van der Waals surface area contributed by atoms with Gasteiger partial charge in [-0.25, -0.2) is 8.42 Å². The number of hydrogen-bond acceptors (Lipinski definition) is 6. The van der Waals surface area contributed by atoms with Gasteiger partial charge in [0.05, 0.1) is 16.8 Å². The van der Waals surface area contributed by atoms with Crippen LogP contribution in [-0.4, -0.2) is 33.3 Å². The molecule has 0 aromatic heterocycles. The second-order valence-corrected chi connectivity index (χ2v) is 6.21. The van der Waals surface area contributed by atoms with Gasteiger partial charge in [0.2, 0.25) is 0 Å². The maximum Gasteiger partial charge on any atom is 1.00 e. The van der Waals surface area contributed by atoms with Crippen LogP contribution < -0.4 is 39.9 Å². The van der Waals surface area contributed by atoms with Crippen LogP contribution in [0, 0.1) is 0 Å². The summed E-state index contributed by atoms with van der Waals surface area (Å²) in [6.45, 7) is 0. The topological polar surface area (TPSA) is 84.8 Å². The molecule has 0 heterocycles. The average Bonchev–Trinajstić information content (AvgIpc) is 2.47. The van der Waals surface area contributed by atoms with E-state index in [9.17, 15) is 13.0 Å². The van der Waals surface area contributed by atoms with Crippen molar-refractivity contribution >= 4 is 27.7 Å². The van der Waals surface area contributed by atoms with Crippen LogP contribution in [0.2, 0.25) is 0 Å². The molecule has 0 saturated heterocycles. The molecule has 23 heavy (non-hydrogen) atoms. The van der Waals surface area contributed by atoms with Crippen molar-refractivity contribution in [2.75, 3.05) is 24.4 Å². The summed E-state index contributed by atoms with van der Waals surface area (Å²) in [6, 6.07) is 13.3. The van der Waals surface area contributed by atoms with Gasteiger partial charge in [-0.15, -0.1) is 0 Å². The summed E-state index contributed by atoms with van der Waals surface area (Å²) in [5.41, 5.74) is 5.39. The van der Waals surface area contributed by atoms with Crippen molar-refractivity contribution in [1.82, 2.24) is 0 Å². The molecular formula is C15H16N3NaO3S. The first-order valence-corrected chi connectivity index (χ1v) is 7.89. The van der Waals surface area contributed by atoms with E-state index in [1.54, 1.807) is 6.21 Å². The van der Waals surface area contributed by atoms with E-state index in [0.717, 1.165) is 11.3 Å². The van der Waals surface area contributed by atoms with Gasteiger partial charge < -0.3 is 9.45 Å². The van der Waals surface area contributed by atoms with Crippen molar-refractivity contribution < 1.29 is 42.5 Å². The first-order chi connectivity index (χ1) is 10.4. The Labute approximate surface area is 158 Å². The summed E-state index contributed by atoms with van der Waals surface area (Å²) in [5.74, 6) is 0. The van der Waals surface area contributed by atoms with Gasteiger partial charge in [0.15, 0.2) is 0 Å². The summed E-state index contributed by atoms with van der Waals surface area (Å²) < 4.78 is 32.4. The summed E-state index contributed by atoms with van der Waals surface area (Å²) in [5, 5.41) is 4.06. The van der Waals surface area contributed by atoms with E-state index >= 15 is 0 Å². The minimum atomic E-state index is -4.41. The van der Waals surface area contributed by atoms with Gasteiger partial charge in [0.25, 0.3) is 0 Å². The van der Waals surface area contributed by atoms with E-state index in [2.05, 4.69) is 10.5 Å². The minimum absolute atomic E-state index is 0. The maximum atomic E-state index is 10.8. The first kappa shape index (κ1) is 19.7. The molecule has 0 atom stereocenters. The van der Waals surface area contributed by atoms with E-state index < -0.39 is 10.1 Å². The van der Waals surface area contributed by atoms with Crippen molar-refractivity contribution in [3.63, 3.8) is 0 Å². The van der Waals surface area contributed by atoms with Crippen molar-refractivity contribution in [3.8, 4) is 0 Å². The smallest absolute Gasteiger partial charge is 0.744 e. The predicted octanol–water partition coefficient (Wildman–Crippen LogP) is -0.893. The summed E-state index contributed by atoms with van der Waals surface area (Å²) in [6.07, 6.45) is 1.65. The van der Waals surface area contributed by atoms with Crippen LogP contribution in [0.1, 0.15) is 5.56 Å². The van der Waals surface area contributed by atoms with Crippen LogP contribution in [0.25, 0.3) is 0 Å². The zero-order chi connectivity index (χ0) is 16.2. The largest absolute Gasteiger partial charge is 1.00 e. The van der Waals surface area contributed by atoms with Gasteiger partial charge >= 0.3 is 29.6 Å². The van der Waals surface area contributed by atoms with Crippen LogP contribution in [0.3, 0.4) is 0 Å². The molecule has 2 rings (SSSR count). The molecule has 0 unspecified atom stereocenters. The molecule has 1 N–H and O–H groups in total. The third-order valence-corrected chi connectivity index (χ3v) is 3.81. The van der Waals surface area contributed by atoms with Gasteiger partial charge in [-0.3, -0.25) is 5.43 Å². The van der Waals surface area contributed by atoms with Crippen LogP contribution in [0.4, 0.5) is 11.4 Å². The fourth-order valence-electron chi connectivity index (χ4n) is 1.74. The van der Waals surface area contributed by atoms with Gasteiger partial charge in [0.1, 0.15) is 10.1 Å². The number of nitrogens with zero attached hydrogens (tertiary/aromatic N) is 2. The van der Waals surface area contributed by atoms with E-state index in [1.807, 2.05) is 43.3 Å². The van der Waals surface area contributed by atoms with Gasteiger partial charge in [-0.05, 0) is 42.0 Å². The number of benzene rings is 2. The third kappa shape index (κ3) is 5.96. The molecule has 0 amide bonds. The monoisotopic (exact) mass is 341 g/mol. The second-order valence-electron chi connectivity index (χ2n) is 4.83.